The van der Waals surface area contributed by atoms with Crippen molar-refractivity contribution < 1.29 is 4.79 Å². The Morgan fingerprint density at radius 1 is 1.42 bits per heavy atom. The normalized spacial score (nSPS) is 17.0. The molecule has 1 amide bonds. The summed E-state index contributed by atoms with van der Waals surface area (Å²) in [6.45, 7) is 5.26. The van der Waals surface area contributed by atoms with Crippen LogP contribution in [0, 0.1) is 5.92 Å². The number of carbonyl (C=O) groups excluding carboxylic acids is 1. The highest BCUT2D eigenvalue weighted by molar-refractivity contribution is 8.00. The molecule has 1 aliphatic carbocycles. The van der Waals surface area contributed by atoms with Gasteiger partial charge in [0.15, 0.2) is 0 Å². The summed E-state index contributed by atoms with van der Waals surface area (Å²) < 4.78 is 0. The molecule has 130 valence electrons. The molecular formula is C18H25N3OS2. The van der Waals surface area contributed by atoms with Gasteiger partial charge in [0, 0.05) is 16.8 Å². The number of nitrogens with zero attached hydrogens (tertiary/aromatic N) is 2. The molecule has 2 aromatic heterocycles. The predicted octanol–water partition coefficient (Wildman–Crippen LogP) is 4.21. The highest BCUT2D eigenvalue weighted by atomic mass is 32.2. The van der Waals surface area contributed by atoms with E-state index >= 15 is 0 Å². The molecule has 2 aromatic rings. The molecule has 0 saturated carbocycles. The summed E-state index contributed by atoms with van der Waals surface area (Å²) in [5.41, 5.74) is 1.43. The third-order valence-corrected chi connectivity index (χ3v) is 6.65. The van der Waals surface area contributed by atoms with Crippen LogP contribution in [-0.2, 0) is 17.6 Å². The van der Waals surface area contributed by atoms with Gasteiger partial charge in [0.25, 0.3) is 0 Å². The van der Waals surface area contributed by atoms with Gasteiger partial charge in [-0.3, -0.25) is 4.79 Å². The maximum atomic E-state index is 12.0. The number of fused-ring (bicyclic) bond motifs is 3. The molecular weight excluding hydrogens is 338 g/mol. The Kier molecular flexibility index (Phi) is 6.11. The first-order valence-corrected chi connectivity index (χ1v) is 10.6. The number of thioether (sulfide) groups is 1. The van der Waals surface area contributed by atoms with Gasteiger partial charge >= 0.3 is 0 Å². The van der Waals surface area contributed by atoms with Crippen molar-refractivity contribution in [3.8, 4) is 0 Å². The fourth-order valence-electron chi connectivity index (χ4n) is 3.14. The molecule has 0 unspecified atom stereocenters. The first-order chi connectivity index (χ1) is 11.7. The van der Waals surface area contributed by atoms with Gasteiger partial charge in [-0.05, 0) is 37.2 Å². The maximum absolute atomic E-state index is 12.0. The van der Waals surface area contributed by atoms with E-state index in [1.807, 2.05) is 0 Å². The minimum absolute atomic E-state index is 0.0978. The molecule has 0 aromatic carbocycles. The van der Waals surface area contributed by atoms with Crippen LogP contribution in [-0.4, -0.2) is 28.2 Å². The van der Waals surface area contributed by atoms with Crippen molar-refractivity contribution in [1.82, 2.24) is 15.3 Å². The van der Waals surface area contributed by atoms with Gasteiger partial charge in [-0.25, -0.2) is 9.97 Å². The van der Waals surface area contributed by atoms with Crippen molar-refractivity contribution in [2.45, 2.75) is 57.4 Å². The van der Waals surface area contributed by atoms with Gasteiger partial charge in [-0.2, -0.15) is 0 Å². The van der Waals surface area contributed by atoms with Gasteiger partial charge in [0.05, 0.1) is 5.75 Å². The van der Waals surface area contributed by atoms with Gasteiger partial charge in [0.2, 0.25) is 5.91 Å². The van der Waals surface area contributed by atoms with Crippen LogP contribution in [0.2, 0.25) is 0 Å². The summed E-state index contributed by atoms with van der Waals surface area (Å²) in [5, 5.41) is 5.17. The largest absolute Gasteiger partial charge is 0.355 e. The van der Waals surface area contributed by atoms with Gasteiger partial charge in [-0.1, -0.05) is 38.5 Å². The van der Waals surface area contributed by atoms with Crippen molar-refractivity contribution in [3.05, 3.63) is 16.8 Å². The number of amides is 1. The second-order valence-corrected chi connectivity index (χ2v) is 8.60. The summed E-state index contributed by atoms with van der Waals surface area (Å²) in [6.07, 6.45) is 8.52. The molecule has 24 heavy (non-hydrogen) atoms. The van der Waals surface area contributed by atoms with E-state index in [1.165, 1.54) is 35.1 Å². The fraction of sp³-hybridized carbons (Fsp3) is 0.611. The molecule has 0 bridgehead atoms. The van der Waals surface area contributed by atoms with Crippen molar-refractivity contribution >= 4 is 39.2 Å². The summed E-state index contributed by atoms with van der Waals surface area (Å²) in [7, 11) is 0. The maximum Gasteiger partial charge on any atom is 0.230 e. The number of thiophene rings is 1. The van der Waals surface area contributed by atoms with Crippen LogP contribution in [0.1, 0.15) is 50.0 Å². The van der Waals surface area contributed by atoms with Crippen LogP contribution in [0.5, 0.6) is 0 Å². The Labute approximate surface area is 151 Å². The lowest BCUT2D eigenvalue weighted by atomic mass is 9.89. The molecule has 3 rings (SSSR count). The molecule has 0 saturated heterocycles. The monoisotopic (exact) mass is 363 g/mol. The van der Waals surface area contributed by atoms with E-state index in [9.17, 15) is 4.79 Å². The van der Waals surface area contributed by atoms with Gasteiger partial charge in [0.1, 0.15) is 16.2 Å². The standard InChI is InChI=1S/C18H25N3OS2/c1-3-4-5-8-19-15(22)10-23-17-16-13-7-6-12(2)9-14(13)24-18(16)21-11-20-17/h11-12H,3-10H2,1-2H3,(H,19,22)/t12-/m1/s1. The van der Waals surface area contributed by atoms with E-state index in [1.54, 1.807) is 29.4 Å². The van der Waals surface area contributed by atoms with Gasteiger partial charge < -0.3 is 5.32 Å². The van der Waals surface area contributed by atoms with Crippen molar-refractivity contribution in [3.63, 3.8) is 0 Å². The molecule has 0 fully saturated rings. The Morgan fingerprint density at radius 2 is 2.29 bits per heavy atom. The quantitative estimate of drug-likeness (QED) is 0.455. The van der Waals surface area contributed by atoms with Crippen LogP contribution in [0.15, 0.2) is 11.4 Å². The van der Waals surface area contributed by atoms with Crippen LogP contribution < -0.4 is 5.32 Å². The van der Waals surface area contributed by atoms with E-state index in [0.29, 0.717) is 5.75 Å². The Morgan fingerprint density at radius 3 is 3.12 bits per heavy atom. The zero-order valence-electron chi connectivity index (χ0n) is 14.4. The first kappa shape index (κ1) is 17.7. The van der Waals surface area contributed by atoms with E-state index in [-0.39, 0.29) is 5.91 Å². The predicted molar refractivity (Wildman–Crippen MR) is 102 cm³/mol. The van der Waals surface area contributed by atoms with Gasteiger partial charge in [-0.15, -0.1) is 11.3 Å². The van der Waals surface area contributed by atoms with E-state index in [2.05, 4.69) is 29.1 Å². The fourth-order valence-corrected chi connectivity index (χ4v) is 5.41. The highest BCUT2D eigenvalue weighted by Gasteiger charge is 2.23. The van der Waals surface area contributed by atoms with Crippen LogP contribution in [0.4, 0.5) is 0 Å². The smallest absolute Gasteiger partial charge is 0.230 e. The SMILES string of the molecule is CCCCCNC(=O)CSc1ncnc2sc3c(c12)CC[C@@H](C)C3. The summed E-state index contributed by atoms with van der Waals surface area (Å²) >= 11 is 3.35. The van der Waals surface area contributed by atoms with E-state index in [0.717, 1.165) is 41.6 Å². The molecule has 0 aliphatic heterocycles. The number of unbranched alkanes of at least 4 members (excludes halogenated alkanes) is 2. The molecule has 1 atom stereocenters. The highest BCUT2D eigenvalue weighted by Crippen LogP contribution is 2.40. The summed E-state index contributed by atoms with van der Waals surface area (Å²) in [6, 6.07) is 0. The molecule has 1 aliphatic rings. The third-order valence-electron chi connectivity index (χ3n) is 4.50. The summed E-state index contributed by atoms with van der Waals surface area (Å²) in [4.78, 5) is 23.5. The lowest BCUT2D eigenvalue weighted by molar-refractivity contribution is -0.118. The first-order valence-electron chi connectivity index (χ1n) is 8.83. The molecule has 0 spiro atoms. The minimum Gasteiger partial charge on any atom is -0.355 e. The second-order valence-electron chi connectivity index (χ2n) is 6.56. The molecule has 4 nitrogen and oxygen atoms in total. The Bertz CT molecular complexity index is 714. The molecule has 0 radical (unpaired) electrons. The zero-order chi connectivity index (χ0) is 16.9. The number of nitrogens with one attached hydrogen (secondary N) is 1. The minimum atomic E-state index is 0.0978. The molecule has 2 heterocycles. The van der Waals surface area contributed by atoms with Crippen LogP contribution in [0.25, 0.3) is 10.2 Å². The van der Waals surface area contributed by atoms with E-state index in [4.69, 9.17) is 0 Å². The average molecular weight is 364 g/mol. The Balaban J connectivity index is 1.68. The number of aryl methyl sites for hydroxylation is 1. The lowest BCUT2D eigenvalue weighted by Gasteiger charge is -2.18. The molecule has 1 N–H and O–H groups in total. The topological polar surface area (TPSA) is 54.9 Å². The van der Waals surface area contributed by atoms with E-state index < -0.39 is 0 Å². The lowest BCUT2D eigenvalue weighted by Crippen LogP contribution is -2.26. The summed E-state index contributed by atoms with van der Waals surface area (Å²) in [5.74, 6) is 1.28. The van der Waals surface area contributed by atoms with Crippen molar-refractivity contribution in [2.24, 2.45) is 5.92 Å². The van der Waals surface area contributed by atoms with Crippen molar-refractivity contribution in [1.29, 1.82) is 0 Å². The van der Waals surface area contributed by atoms with Crippen molar-refractivity contribution in [2.75, 3.05) is 12.3 Å². The average Bonchev–Trinajstić information content (AvgIpc) is 2.94. The number of carbonyl (C=O) groups is 1. The van der Waals surface area contributed by atoms with Crippen LogP contribution in [0.3, 0.4) is 0 Å². The molecule has 6 heteroatoms. The Hall–Kier alpha value is -1.14. The third kappa shape index (κ3) is 4.09. The number of aromatic nitrogens is 2. The number of rotatable bonds is 7. The number of hydrogen-bond donors (Lipinski definition) is 1. The zero-order valence-corrected chi connectivity index (χ0v) is 16.1. The second kappa shape index (κ2) is 8.30. The van der Waals surface area contributed by atoms with Crippen LogP contribution >= 0.6 is 23.1 Å². The number of hydrogen-bond acceptors (Lipinski definition) is 5.